The predicted octanol–water partition coefficient (Wildman–Crippen LogP) is 1.96. The molecule has 1 unspecified atom stereocenters. The average molecular weight is 280 g/mol. The lowest BCUT2D eigenvalue weighted by Crippen LogP contribution is -2.52. The molecule has 3 aliphatic rings. The van der Waals surface area contributed by atoms with Crippen LogP contribution < -0.4 is 0 Å². The van der Waals surface area contributed by atoms with Gasteiger partial charge >= 0.3 is 0 Å². The Morgan fingerprint density at radius 1 is 1.16 bits per heavy atom. The summed E-state index contributed by atoms with van der Waals surface area (Å²) in [4.78, 5) is 0. The Labute approximate surface area is 116 Å². The van der Waals surface area contributed by atoms with Gasteiger partial charge in [0.1, 0.15) is 12.2 Å². The first-order valence-corrected chi connectivity index (χ1v) is 7.47. The molecule has 0 N–H and O–H groups in total. The van der Waals surface area contributed by atoms with Crippen molar-refractivity contribution in [2.45, 2.75) is 35.3 Å². The van der Waals surface area contributed by atoms with Crippen LogP contribution >= 0.6 is 11.8 Å². The Bertz CT molecular complexity index is 454. The summed E-state index contributed by atoms with van der Waals surface area (Å²) < 4.78 is 23.1. The summed E-state index contributed by atoms with van der Waals surface area (Å²) in [5.41, 5.74) is 1.07. The third-order valence-electron chi connectivity index (χ3n) is 3.83. The van der Waals surface area contributed by atoms with Crippen LogP contribution in [0.25, 0.3) is 0 Å². The lowest BCUT2D eigenvalue weighted by molar-refractivity contribution is -0.304. The fourth-order valence-corrected chi connectivity index (χ4v) is 4.05. The van der Waals surface area contributed by atoms with Crippen LogP contribution in [0.15, 0.2) is 30.3 Å². The van der Waals surface area contributed by atoms with Gasteiger partial charge in [-0.3, -0.25) is 0 Å². The first-order valence-electron chi connectivity index (χ1n) is 6.52. The zero-order chi connectivity index (χ0) is 12.8. The molecular formula is C14H16O4S. The summed E-state index contributed by atoms with van der Waals surface area (Å²) in [7, 11) is 1.69. The molecule has 3 fully saturated rings. The molecule has 0 spiro atoms. The van der Waals surface area contributed by atoms with Crippen LogP contribution in [0.3, 0.4) is 0 Å². The molecule has 3 aliphatic heterocycles. The van der Waals surface area contributed by atoms with Gasteiger partial charge in [0.2, 0.25) is 0 Å². The number of methoxy groups -OCH3 is 1. The number of hydrogen-bond acceptors (Lipinski definition) is 5. The van der Waals surface area contributed by atoms with E-state index in [1.54, 1.807) is 7.11 Å². The minimum Gasteiger partial charge on any atom is -0.355 e. The van der Waals surface area contributed by atoms with E-state index in [2.05, 4.69) is 0 Å². The van der Waals surface area contributed by atoms with Crippen molar-refractivity contribution in [2.24, 2.45) is 0 Å². The van der Waals surface area contributed by atoms with E-state index in [1.807, 2.05) is 42.1 Å². The van der Waals surface area contributed by atoms with Crippen LogP contribution in [0, 0.1) is 0 Å². The highest BCUT2D eigenvalue weighted by atomic mass is 32.2. The first kappa shape index (κ1) is 12.2. The van der Waals surface area contributed by atoms with E-state index in [0.29, 0.717) is 17.1 Å². The van der Waals surface area contributed by atoms with Crippen molar-refractivity contribution in [1.29, 1.82) is 0 Å². The number of thioether (sulfide) groups is 1. The van der Waals surface area contributed by atoms with Crippen molar-refractivity contribution in [1.82, 2.24) is 0 Å². The van der Waals surface area contributed by atoms with Crippen molar-refractivity contribution in [3.05, 3.63) is 35.9 Å². The second-order valence-electron chi connectivity index (χ2n) is 5.02. The monoisotopic (exact) mass is 280 g/mol. The van der Waals surface area contributed by atoms with E-state index in [0.717, 1.165) is 5.56 Å². The van der Waals surface area contributed by atoms with Gasteiger partial charge in [0.05, 0.1) is 17.1 Å². The molecule has 4 nitrogen and oxygen atoms in total. The third kappa shape index (κ3) is 2.10. The maximum atomic E-state index is 6.10. The molecule has 102 valence electrons. The van der Waals surface area contributed by atoms with Crippen molar-refractivity contribution in [3.8, 4) is 0 Å². The number of rotatable bonds is 2. The number of ether oxygens (including phenoxy) is 4. The van der Waals surface area contributed by atoms with Gasteiger partial charge < -0.3 is 18.9 Å². The Morgan fingerprint density at radius 2 is 2.00 bits per heavy atom. The highest BCUT2D eigenvalue weighted by Gasteiger charge is 2.59. The number of hydrogen-bond donors (Lipinski definition) is 0. The van der Waals surface area contributed by atoms with Gasteiger partial charge in [0, 0.05) is 12.7 Å². The van der Waals surface area contributed by atoms with Gasteiger partial charge in [0.15, 0.2) is 12.6 Å². The first-order chi connectivity index (χ1) is 9.36. The average Bonchev–Trinajstić information content (AvgIpc) is 3.27. The molecule has 0 radical (unpaired) electrons. The molecule has 0 bridgehead atoms. The second kappa shape index (κ2) is 4.75. The molecule has 4 rings (SSSR count). The maximum absolute atomic E-state index is 6.10. The highest BCUT2D eigenvalue weighted by molar-refractivity contribution is 8.07. The quantitative estimate of drug-likeness (QED) is 0.774. The van der Waals surface area contributed by atoms with Crippen LogP contribution in [0.5, 0.6) is 0 Å². The summed E-state index contributed by atoms with van der Waals surface area (Å²) in [6, 6.07) is 10.1. The van der Waals surface area contributed by atoms with Crippen LogP contribution in [0.4, 0.5) is 0 Å². The van der Waals surface area contributed by atoms with Gasteiger partial charge in [0.25, 0.3) is 0 Å². The van der Waals surface area contributed by atoms with Gasteiger partial charge in [-0.15, -0.1) is 11.8 Å². The van der Waals surface area contributed by atoms with Crippen molar-refractivity contribution >= 4 is 11.8 Å². The number of benzene rings is 1. The third-order valence-corrected chi connectivity index (χ3v) is 5.22. The molecule has 3 heterocycles. The molecule has 6 atom stereocenters. The SMILES string of the molecule is CO[C@H]1O[C@@H]2COC(c3ccccc3)O[C@H]2[C@H]2S[C@@H]12. The van der Waals surface area contributed by atoms with E-state index in [4.69, 9.17) is 18.9 Å². The molecule has 0 saturated carbocycles. The van der Waals surface area contributed by atoms with E-state index in [1.165, 1.54) is 0 Å². The molecule has 1 aromatic carbocycles. The van der Waals surface area contributed by atoms with Crippen LogP contribution in [-0.4, -0.2) is 42.7 Å². The molecule has 19 heavy (non-hydrogen) atoms. The van der Waals surface area contributed by atoms with Gasteiger partial charge in [-0.1, -0.05) is 30.3 Å². The van der Waals surface area contributed by atoms with Gasteiger partial charge in [-0.05, 0) is 0 Å². The van der Waals surface area contributed by atoms with Crippen molar-refractivity contribution in [2.75, 3.05) is 13.7 Å². The van der Waals surface area contributed by atoms with Gasteiger partial charge in [-0.25, -0.2) is 0 Å². The summed E-state index contributed by atoms with van der Waals surface area (Å²) >= 11 is 1.88. The van der Waals surface area contributed by atoms with E-state index >= 15 is 0 Å². The zero-order valence-corrected chi connectivity index (χ0v) is 11.4. The second-order valence-corrected chi connectivity index (χ2v) is 6.38. The summed E-state index contributed by atoms with van der Waals surface area (Å²) in [5, 5.41) is 0.902. The highest BCUT2D eigenvalue weighted by Crippen LogP contribution is 2.54. The fourth-order valence-electron chi connectivity index (χ4n) is 2.80. The minimum absolute atomic E-state index is 0.0128. The normalized spacial score (nSPS) is 44.3. The number of fused-ring (bicyclic) bond motifs is 3. The molecule has 0 aromatic heterocycles. The Morgan fingerprint density at radius 3 is 2.79 bits per heavy atom. The Hall–Kier alpha value is -0.590. The molecule has 3 saturated heterocycles. The van der Waals surface area contributed by atoms with Gasteiger partial charge in [-0.2, -0.15) is 0 Å². The van der Waals surface area contributed by atoms with Crippen molar-refractivity contribution < 1.29 is 18.9 Å². The zero-order valence-electron chi connectivity index (χ0n) is 10.6. The Balaban J connectivity index is 1.50. The maximum Gasteiger partial charge on any atom is 0.184 e. The topological polar surface area (TPSA) is 36.9 Å². The standard InChI is InChI=1S/C14H16O4S/c1-15-14-12-11(19-12)10-9(17-14)7-16-13(18-10)8-5-3-2-4-6-8/h2-6,9-14H,7H2,1H3/t9-,10-,11-,12-,13?,14+/m1/s1. The smallest absolute Gasteiger partial charge is 0.184 e. The van der Waals surface area contributed by atoms with Crippen LogP contribution in [0.2, 0.25) is 0 Å². The minimum atomic E-state index is -0.271. The summed E-state index contributed by atoms with van der Waals surface area (Å²) in [6.07, 6.45) is -0.287. The van der Waals surface area contributed by atoms with E-state index in [-0.39, 0.29) is 24.8 Å². The van der Waals surface area contributed by atoms with Crippen molar-refractivity contribution in [3.63, 3.8) is 0 Å². The Kier molecular flexibility index (Phi) is 3.04. The molecule has 0 amide bonds. The largest absolute Gasteiger partial charge is 0.355 e. The predicted molar refractivity (Wildman–Crippen MR) is 70.8 cm³/mol. The summed E-state index contributed by atoms with van der Waals surface area (Å²) in [6.45, 7) is 0.563. The lowest BCUT2D eigenvalue weighted by atomic mass is 10.0. The van der Waals surface area contributed by atoms with Crippen LogP contribution in [-0.2, 0) is 18.9 Å². The van der Waals surface area contributed by atoms with E-state index < -0.39 is 0 Å². The molecular weight excluding hydrogens is 264 g/mol. The molecule has 0 aliphatic carbocycles. The molecule has 1 aromatic rings. The summed E-state index contributed by atoms with van der Waals surface area (Å²) in [5.74, 6) is 0. The molecule has 5 heteroatoms. The lowest BCUT2D eigenvalue weighted by Gasteiger charge is -2.40. The van der Waals surface area contributed by atoms with Crippen LogP contribution in [0.1, 0.15) is 11.9 Å². The fraction of sp³-hybridized carbons (Fsp3) is 0.571. The van der Waals surface area contributed by atoms with E-state index in [9.17, 15) is 0 Å².